The molecule has 2 aromatic carbocycles. The van der Waals surface area contributed by atoms with Crippen molar-refractivity contribution in [2.45, 2.75) is 19.3 Å². The number of carbonyl (C=O) groups is 2. The lowest BCUT2D eigenvalue weighted by molar-refractivity contribution is 0.0830. The summed E-state index contributed by atoms with van der Waals surface area (Å²) < 4.78 is 7.40. The third kappa shape index (κ3) is 5.73. The molecule has 162 valence electrons. The van der Waals surface area contributed by atoms with E-state index < -0.39 is 6.09 Å². The molecule has 0 spiro atoms. The van der Waals surface area contributed by atoms with Gasteiger partial charge in [0.1, 0.15) is 0 Å². The van der Waals surface area contributed by atoms with Crippen molar-refractivity contribution in [1.82, 2.24) is 4.90 Å². The van der Waals surface area contributed by atoms with Crippen LogP contribution in [0.1, 0.15) is 29.6 Å². The molecule has 3 aromatic rings. The smallest absolute Gasteiger partial charge is 0.411 e. The zero-order valence-electron chi connectivity index (χ0n) is 17.2. The molecule has 4 rings (SSSR count). The lowest BCUT2D eigenvalue weighted by Crippen LogP contribution is -2.37. The van der Waals surface area contributed by atoms with E-state index in [1.54, 1.807) is 11.3 Å². The Morgan fingerprint density at radius 3 is 2.65 bits per heavy atom. The van der Waals surface area contributed by atoms with Crippen LogP contribution in [0.4, 0.5) is 10.5 Å². The first-order chi connectivity index (χ1) is 15.1. The predicted molar refractivity (Wildman–Crippen MR) is 129 cm³/mol. The van der Waals surface area contributed by atoms with Crippen molar-refractivity contribution in [3.63, 3.8) is 0 Å². The lowest BCUT2D eigenvalue weighted by Gasteiger charge is -2.31. The molecule has 1 saturated heterocycles. The van der Waals surface area contributed by atoms with Crippen LogP contribution in [0.5, 0.6) is 0 Å². The highest BCUT2D eigenvalue weighted by molar-refractivity contribution is 9.10. The number of benzene rings is 2. The van der Waals surface area contributed by atoms with Gasteiger partial charge in [0.05, 0.1) is 17.0 Å². The number of ether oxygens (including phenoxy) is 1. The van der Waals surface area contributed by atoms with Crippen molar-refractivity contribution in [3.8, 4) is 0 Å². The second-order valence-corrected chi connectivity index (χ2v) is 9.58. The Morgan fingerprint density at radius 2 is 1.87 bits per heavy atom. The maximum Gasteiger partial charge on any atom is 0.411 e. The van der Waals surface area contributed by atoms with Crippen LogP contribution in [-0.2, 0) is 4.74 Å². The van der Waals surface area contributed by atoms with E-state index in [1.807, 2.05) is 53.9 Å². The summed E-state index contributed by atoms with van der Waals surface area (Å²) in [4.78, 5) is 27.1. The van der Waals surface area contributed by atoms with Crippen molar-refractivity contribution in [3.05, 3.63) is 63.9 Å². The topological polar surface area (TPSA) is 58.6 Å². The fourth-order valence-corrected chi connectivity index (χ4v) is 5.09. The summed E-state index contributed by atoms with van der Waals surface area (Å²) in [7, 11) is 0. The highest BCUT2D eigenvalue weighted by Crippen LogP contribution is 2.28. The number of fused-ring (bicyclic) bond motifs is 1. The van der Waals surface area contributed by atoms with Gasteiger partial charge in [-0.1, -0.05) is 40.2 Å². The molecule has 0 atom stereocenters. The Hall–Kier alpha value is -2.22. The van der Waals surface area contributed by atoms with Crippen LogP contribution in [0.15, 0.2) is 58.4 Å². The number of piperidine rings is 1. The average molecular weight is 501 g/mol. The zero-order chi connectivity index (χ0) is 21.6. The van der Waals surface area contributed by atoms with Gasteiger partial charge < -0.3 is 9.64 Å². The molecular weight excluding hydrogens is 476 g/mol. The van der Waals surface area contributed by atoms with Crippen LogP contribution in [0, 0.1) is 5.92 Å². The number of likely N-dealkylation sites (tertiary alicyclic amines) is 1. The molecule has 1 aliphatic rings. The maximum absolute atomic E-state index is 12.7. The van der Waals surface area contributed by atoms with Crippen molar-refractivity contribution in [2.75, 3.05) is 31.6 Å². The van der Waals surface area contributed by atoms with Crippen molar-refractivity contribution in [1.29, 1.82) is 0 Å². The molecule has 0 radical (unpaired) electrons. The Balaban J connectivity index is 1.15. The number of anilines is 1. The summed E-state index contributed by atoms with van der Waals surface area (Å²) in [5, 5.41) is 5.97. The van der Waals surface area contributed by atoms with Crippen LogP contribution in [0.25, 0.3) is 10.1 Å². The van der Waals surface area contributed by atoms with Crippen LogP contribution >= 0.6 is 27.3 Å². The number of rotatable bonds is 7. The monoisotopic (exact) mass is 500 g/mol. The first-order valence-electron chi connectivity index (χ1n) is 10.5. The van der Waals surface area contributed by atoms with E-state index in [0.717, 1.165) is 64.7 Å². The normalized spacial score (nSPS) is 15.1. The number of thiophene rings is 1. The largest absolute Gasteiger partial charge is 0.449 e. The molecule has 1 aliphatic heterocycles. The molecule has 0 aliphatic carbocycles. The summed E-state index contributed by atoms with van der Waals surface area (Å²) >= 11 is 5.01. The number of nitrogens with one attached hydrogen (secondary N) is 1. The highest BCUT2D eigenvalue weighted by Gasteiger charge is 2.25. The molecule has 7 heteroatoms. The number of Topliss-reactive ketones (excluding diaryl/α,β-unsaturated/α-hetero) is 1. The second kappa shape index (κ2) is 10.4. The van der Waals surface area contributed by atoms with Crippen molar-refractivity contribution in [2.24, 2.45) is 5.92 Å². The van der Waals surface area contributed by atoms with E-state index in [-0.39, 0.29) is 11.7 Å². The van der Waals surface area contributed by atoms with Crippen LogP contribution < -0.4 is 5.32 Å². The minimum absolute atomic E-state index is 0.0967. The number of amides is 1. The predicted octanol–water partition coefficient (Wildman–Crippen LogP) is 6.20. The zero-order valence-corrected chi connectivity index (χ0v) is 19.6. The van der Waals surface area contributed by atoms with Gasteiger partial charge in [0.25, 0.3) is 0 Å². The standard InChI is InChI=1S/C24H25BrN2O3S/c25-20-7-5-17(6-8-20)22(28)18-9-13-27(14-10-18)12-2-15-30-24(29)26-21-4-1-3-19-11-16-31-23(19)21/h1,3-8,11,16,18H,2,9-10,12-15H2,(H,26,29). The third-order valence-electron chi connectivity index (χ3n) is 5.65. The molecule has 0 bridgehead atoms. The first-order valence-corrected chi connectivity index (χ1v) is 12.2. The number of carbonyl (C=O) groups excluding carboxylic acids is 2. The van der Waals surface area contributed by atoms with Gasteiger partial charge in [-0.15, -0.1) is 11.3 Å². The summed E-state index contributed by atoms with van der Waals surface area (Å²) in [6, 6.07) is 15.5. The Morgan fingerprint density at radius 1 is 1.10 bits per heavy atom. The van der Waals surface area contributed by atoms with Crippen LogP contribution in [0.2, 0.25) is 0 Å². The third-order valence-corrected chi connectivity index (χ3v) is 7.15. The van der Waals surface area contributed by atoms with Crippen molar-refractivity contribution >= 4 is 54.9 Å². The van der Waals surface area contributed by atoms with Gasteiger partial charge in [0.15, 0.2) is 5.78 Å². The van der Waals surface area contributed by atoms with E-state index in [4.69, 9.17) is 4.74 Å². The lowest BCUT2D eigenvalue weighted by atomic mass is 9.89. The van der Waals surface area contributed by atoms with E-state index in [0.29, 0.717) is 6.61 Å². The van der Waals surface area contributed by atoms with Gasteiger partial charge in [-0.2, -0.15) is 0 Å². The fraction of sp³-hybridized carbons (Fsp3) is 0.333. The molecule has 2 heterocycles. The van der Waals surface area contributed by atoms with Gasteiger partial charge in [0.2, 0.25) is 0 Å². The number of nitrogens with zero attached hydrogens (tertiary/aromatic N) is 1. The molecule has 1 fully saturated rings. The van der Waals surface area contributed by atoms with Gasteiger partial charge in [-0.25, -0.2) is 4.79 Å². The summed E-state index contributed by atoms with van der Waals surface area (Å²) in [6.07, 6.45) is 2.11. The molecule has 1 N–H and O–H groups in total. The molecule has 31 heavy (non-hydrogen) atoms. The first kappa shape index (κ1) is 22.0. The van der Waals surface area contributed by atoms with Gasteiger partial charge >= 0.3 is 6.09 Å². The van der Waals surface area contributed by atoms with Gasteiger partial charge in [-0.3, -0.25) is 10.1 Å². The second-order valence-electron chi connectivity index (χ2n) is 7.75. The summed E-state index contributed by atoms with van der Waals surface area (Å²) in [6.45, 7) is 3.05. The quantitative estimate of drug-likeness (QED) is 0.310. The molecule has 1 amide bonds. The Bertz CT molecular complexity index is 1040. The van der Waals surface area contributed by atoms with Crippen molar-refractivity contribution < 1.29 is 14.3 Å². The summed E-state index contributed by atoms with van der Waals surface area (Å²) in [5.41, 5.74) is 1.58. The Labute approximate surface area is 194 Å². The number of ketones is 1. The van der Waals surface area contributed by atoms with Gasteiger partial charge in [0, 0.05) is 22.5 Å². The SMILES string of the molecule is O=C(Nc1cccc2ccsc12)OCCCN1CCC(C(=O)c2ccc(Br)cc2)CC1. The van der Waals surface area contributed by atoms with Gasteiger partial charge in [-0.05, 0) is 67.4 Å². The highest BCUT2D eigenvalue weighted by atomic mass is 79.9. The van der Waals surface area contributed by atoms with Crippen LogP contribution in [-0.4, -0.2) is 43.0 Å². The maximum atomic E-state index is 12.7. The molecule has 1 aromatic heterocycles. The molecule has 0 saturated carbocycles. The number of halogens is 1. The fourth-order valence-electron chi connectivity index (χ4n) is 3.96. The van der Waals surface area contributed by atoms with E-state index >= 15 is 0 Å². The van der Waals surface area contributed by atoms with E-state index in [2.05, 4.69) is 26.1 Å². The average Bonchev–Trinajstić information content (AvgIpc) is 3.27. The van der Waals surface area contributed by atoms with Crippen LogP contribution in [0.3, 0.4) is 0 Å². The molecule has 0 unspecified atom stereocenters. The minimum Gasteiger partial charge on any atom is -0.449 e. The molecule has 5 nitrogen and oxygen atoms in total. The Kier molecular flexibility index (Phi) is 7.37. The molecular formula is C24H25BrN2O3S. The minimum atomic E-state index is -0.417. The summed E-state index contributed by atoms with van der Waals surface area (Å²) in [5.74, 6) is 0.340. The van der Waals surface area contributed by atoms with E-state index in [9.17, 15) is 9.59 Å². The number of hydrogen-bond donors (Lipinski definition) is 1. The number of hydrogen-bond acceptors (Lipinski definition) is 5. The van der Waals surface area contributed by atoms with E-state index in [1.165, 1.54) is 0 Å².